The van der Waals surface area contributed by atoms with Crippen LogP contribution in [0.25, 0.3) is 44.2 Å². The Bertz CT molecular complexity index is 2290. The molecule has 0 heterocycles. The zero-order valence-electron chi connectivity index (χ0n) is 27.8. The molecule has 0 amide bonds. The summed E-state index contributed by atoms with van der Waals surface area (Å²) in [7, 11) is 0. The van der Waals surface area contributed by atoms with E-state index < -0.39 is 0 Å². The van der Waals surface area contributed by atoms with E-state index in [9.17, 15) is 0 Å². The van der Waals surface area contributed by atoms with Crippen molar-refractivity contribution >= 4 is 27.8 Å². The third-order valence-electron chi connectivity index (χ3n) is 10.2. The fourth-order valence-electron chi connectivity index (χ4n) is 7.69. The van der Waals surface area contributed by atoms with E-state index in [1.54, 1.807) is 0 Å². The molecular formula is C46H39N. The van der Waals surface area contributed by atoms with Gasteiger partial charge in [0.05, 0.1) is 5.69 Å². The minimum atomic E-state index is -0.122. The smallest absolute Gasteiger partial charge is 0.0543 e. The molecule has 47 heavy (non-hydrogen) atoms. The first-order chi connectivity index (χ1) is 22.8. The summed E-state index contributed by atoms with van der Waals surface area (Å²) < 4.78 is 0. The van der Waals surface area contributed by atoms with Crippen LogP contribution in [-0.2, 0) is 5.41 Å². The van der Waals surface area contributed by atoms with Crippen LogP contribution in [-0.4, -0.2) is 0 Å². The molecule has 0 aliphatic heterocycles. The fourth-order valence-corrected chi connectivity index (χ4v) is 7.69. The monoisotopic (exact) mass is 605 g/mol. The number of hydrogen-bond acceptors (Lipinski definition) is 1. The Hall–Kier alpha value is -5.40. The number of aryl methyl sites for hydroxylation is 3. The molecule has 0 saturated heterocycles. The molecule has 0 bridgehead atoms. The number of nitrogens with zero attached hydrogens (tertiary/aromatic N) is 1. The molecule has 1 aliphatic rings. The lowest BCUT2D eigenvalue weighted by Crippen LogP contribution is -2.17. The summed E-state index contributed by atoms with van der Waals surface area (Å²) >= 11 is 0. The average molecular weight is 606 g/mol. The van der Waals surface area contributed by atoms with Gasteiger partial charge in [-0.15, -0.1) is 0 Å². The van der Waals surface area contributed by atoms with Crippen LogP contribution < -0.4 is 4.90 Å². The number of anilines is 3. The van der Waals surface area contributed by atoms with Gasteiger partial charge in [0.2, 0.25) is 0 Å². The molecule has 1 aliphatic carbocycles. The Morgan fingerprint density at radius 1 is 0.447 bits per heavy atom. The number of fused-ring (bicyclic) bond motifs is 5. The zero-order valence-corrected chi connectivity index (χ0v) is 27.8. The van der Waals surface area contributed by atoms with E-state index >= 15 is 0 Å². The maximum atomic E-state index is 2.47. The Morgan fingerprint density at radius 3 is 1.81 bits per heavy atom. The summed E-state index contributed by atoms with van der Waals surface area (Å²) in [6.45, 7) is 11.4. The van der Waals surface area contributed by atoms with Crippen LogP contribution in [0.1, 0.15) is 41.7 Å². The van der Waals surface area contributed by atoms with E-state index in [0.717, 1.165) is 11.4 Å². The molecule has 7 aromatic rings. The highest BCUT2D eigenvalue weighted by molar-refractivity contribution is 6.10. The SMILES string of the molecule is Cc1ccc2c(c1)C(C)(C)c1cc(N(c3ccc(-c4ccccc4)cc3)c3ccc(-c4ccccc4C)c(C)c3)c3ccccc3c1-2. The zero-order chi connectivity index (χ0) is 32.3. The number of hydrogen-bond donors (Lipinski definition) is 0. The second kappa shape index (κ2) is 11.1. The summed E-state index contributed by atoms with van der Waals surface area (Å²) in [5.74, 6) is 0. The molecule has 1 nitrogen and oxygen atoms in total. The predicted molar refractivity (Wildman–Crippen MR) is 201 cm³/mol. The Kier molecular flexibility index (Phi) is 6.88. The van der Waals surface area contributed by atoms with Gasteiger partial charge in [0.25, 0.3) is 0 Å². The number of rotatable bonds is 5. The lowest BCUT2D eigenvalue weighted by molar-refractivity contribution is 0.660. The molecule has 0 N–H and O–H groups in total. The molecule has 0 fully saturated rings. The van der Waals surface area contributed by atoms with Crippen LogP contribution in [0.5, 0.6) is 0 Å². The van der Waals surface area contributed by atoms with Gasteiger partial charge in [-0.05, 0) is 112 Å². The van der Waals surface area contributed by atoms with Gasteiger partial charge < -0.3 is 4.90 Å². The first kappa shape index (κ1) is 29.0. The standard InChI is InChI=1S/C46H39N/c1-30-19-25-41-42(27-30)46(4,5)43-29-44(39-17-11-12-18-40(39)45(41)43)47(35-22-20-34(21-23-35)33-14-7-6-8-15-33)36-24-26-38(32(3)28-36)37-16-10-9-13-31(37)2/h6-29H,1-5H3. The van der Waals surface area contributed by atoms with E-state index in [2.05, 4.69) is 185 Å². The summed E-state index contributed by atoms with van der Waals surface area (Å²) in [5.41, 5.74) is 17.7. The van der Waals surface area contributed by atoms with E-state index in [1.807, 2.05) is 0 Å². The molecule has 228 valence electrons. The highest BCUT2D eigenvalue weighted by atomic mass is 15.1. The maximum Gasteiger partial charge on any atom is 0.0543 e. The van der Waals surface area contributed by atoms with Crippen molar-refractivity contribution in [2.24, 2.45) is 0 Å². The van der Waals surface area contributed by atoms with Crippen LogP contribution in [0.4, 0.5) is 17.1 Å². The van der Waals surface area contributed by atoms with Crippen molar-refractivity contribution in [1.29, 1.82) is 0 Å². The molecule has 0 spiro atoms. The first-order valence-electron chi connectivity index (χ1n) is 16.6. The van der Waals surface area contributed by atoms with Crippen molar-refractivity contribution in [1.82, 2.24) is 0 Å². The van der Waals surface area contributed by atoms with E-state index in [0.29, 0.717) is 0 Å². The van der Waals surface area contributed by atoms with Crippen LogP contribution in [0.3, 0.4) is 0 Å². The highest BCUT2D eigenvalue weighted by Crippen LogP contribution is 2.54. The summed E-state index contributed by atoms with van der Waals surface area (Å²) in [5, 5.41) is 2.55. The first-order valence-corrected chi connectivity index (χ1v) is 16.6. The molecule has 0 unspecified atom stereocenters. The molecule has 1 heteroatoms. The summed E-state index contributed by atoms with van der Waals surface area (Å²) in [4.78, 5) is 2.47. The number of benzene rings is 7. The molecule has 8 rings (SSSR count). The van der Waals surface area contributed by atoms with Crippen molar-refractivity contribution in [3.05, 3.63) is 173 Å². The van der Waals surface area contributed by atoms with Gasteiger partial charge in [0.1, 0.15) is 0 Å². The summed E-state index contributed by atoms with van der Waals surface area (Å²) in [6, 6.07) is 53.7. The third-order valence-corrected chi connectivity index (χ3v) is 10.2. The fraction of sp³-hybridized carbons (Fsp3) is 0.130. The van der Waals surface area contributed by atoms with Crippen molar-refractivity contribution in [3.63, 3.8) is 0 Å². The molecule has 0 aromatic heterocycles. The minimum absolute atomic E-state index is 0.122. The molecule has 0 atom stereocenters. The van der Waals surface area contributed by atoms with Crippen molar-refractivity contribution < 1.29 is 0 Å². The van der Waals surface area contributed by atoms with Crippen LogP contribution in [0.15, 0.2) is 146 Å². The van der Waals surface area contributed by atoms with Gasteiger partial charge in [-0.1, -0.05) is 135 Å². The molecule has 0 saturated carbocycles. The van der Waals surface area contributed by atoms with Gasteiger partial charge >= 0.3 is 0 Å². The third kappa shape index (κ3) is 4.77. The maximum absolute atomic E-state index is 2.47. The Labute approximate surface area is 278 Å². The highest BCUT2D eigenvalue weighted by Gasteiger charge is 2.38. The van der Waals surface area contributed by atoms with Gasteiger partial charge in [-0.25, -0.2) is 0 Å². The topological polar surface area (TPSA) is 3.24 Å². The van der Waals surface area contributed by atoms with E-state index in [1.165, 1.54) is 77.7 Å². The van der Waals surface area contributed by atoms with Gasteiger partial charge in [0, 0.05) is 22.2 Å². The Balaban J connectivity index is 1.37. The van der Waals surface area contributed by atoms with Crippen molar-refractivity contribution in [3.8, 4) is 33.4 Å². The second-order valence-electron chi connectivity index (χ2n) is 13.6. The Morgan fingerprint density at radius 2 is 1.06 bits per heavy atom. The average Bonchev–Trinajstić information content (AvgIpc) is 3.31. The normalized spacial score (nSPS) is 13.0. The van der Waals surface area contributed by atoms with Crippen LogP contribution in [0, 0.1) is 20.8 Å². The van der Waals surface area contributed by atoms with Gasteiger partial charge in [0.15, 0.2) is 0 Å². The second-order valence-corrected chi connectivity index (χ2v) is 13.6. The lowest BCUT2D eigenvalue weighted by Gasteiger charge is -2.30. The predicted octanol–water partition coefficient (Wildman–Crippen LogP) is 12.9. The summed E-state index contributed by atoms with van der Waals surface area (Å²) in [6.07, 6.45) is 0. The van der Waals surface area contributed by atoms with Gasteiger partial charge in [-0.2, -0.15) is 0 Å². The minimum Gasteiger partial charge on any atom is -0.310 e. The molecule has 7 aromatic carbocycles. The van der Waals surface area contributed by atoms with Crippen LogP contribution >= 0.6 is 0 Å². The largest absolute Gasteiger partial charge is 0.310 e. The lowest BCUT2D eigenvalue weighted by atomic mass is 9.81. The molecule has 0 radical (unpaired) electrons. The van der Waals surface area contributed by atoms with Crippen molar-refractivity contribution in [2.45, 2.75) is 40.0 Å². The van der Waals surface area contributed by atoms with Gasteiger partial charge in [-0.3, -0.25) is 0 Å². The quantitative estimate of drug-likeness (QED) is 0.189. The molecular weight excluding hydrogens is 567 g/mol. The van der Waals surface area contributed by atoms with E-state index in [4.69, 9.17) is 0 Å². The van der Waals surface area contributed by atoms with Crippen molar-refractivity contribution in [2.75, 3.05) is 4.90 Å². The van der Waals surface area contributed by atoms with Crippen LogP contribution in [0.2, 0.25) is 0 Å². The van der Waals surface area contributed by atoms with E-state index in [-0.39, 0.29) is 5.41 Å².